The lowest BCUT2D eigenvalue weighted by Crippen LogP contribution is -2.29. The standard InChI is InChI=1S/C8H8O5/c1-3-5(7(9)10)6(8(11)12)4(2)13-3/h1-2H3,(H,9,10)(H,11,12)/p-2. The minimum absolute atomic E-state index is 0.0108. The maximum atomic E-state index is 10.5. The molecular formula is C8H6O5-2. The Labute approximate surface area is 73.6 Å². The third-order valence-electron chi connectivity index (χ3n) is 1.67. The van der Waals surface area contributed by atoms with E-state index >= 15 is 0 Å². The fourth-order valence-corrected chi connectivity index (χ4v) is 1.18. The molecule has 0 fully saturated rings. The van der Waals surface area contributed by atoms with E-state index in [4.69, 9.17) is 4.42 Å². The molecule has 0 saturated carbocycles. The lowest BCUT2D eigenvalue weighted by molar-refractivity contribution is -0.259. The molecule has 0 aliphatic heterocycles. The first-order valence-corrected chi connectivity index (χ1v) is 3.47. The lowest BCUT2D eigenvalue weighted by atomic mass is 10.1. The highest BCUT2D eigenvalue weighted by Gasteiger charge is 2.16. The number of carbonyl (C=O) groups is 2. The molecule has 0 radical (unpaired) electrons. The van der Waals surface area contributed by atoms with E-state index in [0.717, 1.165) is 0 Å². The summed E-state index contributed by atoms with van der Waals surface area (Å²) >= 11 is 0. The van der Waals surface area contributed by atoms with Crippen LogP contribution >= 0.6 is 0 Å². The molecule has 1 aromatic rings. The van der Waals surface area contributed by atoms with Crippen molar-refractivity contribution in [1.82, 2.24) is 0 Å². The van der Waals surface area contributed by atoms with Gasteiger partial charge in [0.1, 0.15) is 11.5 Å². The van der Waals surface area contributed by atoms with Crippen molar-refractivity contribution in [1.29, 1.82) is 0 Å². The second-order valence-electron chi connectivity index (χ2n) is 2.54. The van der Waals surface area contributed by atoms with Gasteiger partial charge in [0.05, 0.1) is 11.9 Å². The van der Waals surface area contributed by atoms with Gasteiger partial charge in [-0.2, -0.15) is 0 Å². The summed E-state index contributed by atoms with van der Waals surface area (Å²) in [5, 5.41) is 21.0. The summed E-state index contributed by atoms with van der Waals surface area (Å²) in [6.07, 6.45) is 0. The summed E-state index contributed by atoms with van der Waals surface area (Å²) in [5.41, 5.74) is -0.894. The molecule has 13 heavy (non-hydrogen) atoms. The summed E-state index contributed by atoms with van der Waals surface area (Å²) in [6, 6.07) is 0. The van der Waals surface area contributed by atoms with Crippen molar-refractivity contribution >= 4 is 11.9 Å². The molecule has 0 unspecified atom stereocenters. The fraction of sp³-hybridized carbons (Fsp3) is 0.250. The number of hydrogen-bond donors (Lipinski definition) is 0. The highest BCUT2D eigenvalue weighted by molar-refractivity contribution is 6.01. The Balaban J connectivity index is 3.47. The minimum Gasteiger partial charge on any atom is -0.545 e. The zero-order valence-electron chi connectivity index (χ0n) is 7.04. The molecule has 1 aromatic heterocycles. The van der Waals surface area contributed by atoms with Crippen LogP contribution in [0, 0.1) is 13.8 Å². The van der Waals surface area contributed by atoms with Crippen molar-refractivity contribution in [3.05, 3.63) is 22.6 Å². The van der Waals surface area contributed by atoms with E-state index in [1.54, 1.807) is 0 Å². The van der Waals surface area contributed by atoms with Gasteiger partial charge in [-0.1, -0.05) is 0 Å². The average molecular weight is 182 g/mol. The molecule has 0 aliphatic carbocycles. The van der Waals surface area contributed by atoms with Crippen LogP contribution in [0.5, 0.6) is 0 Å². The van der Waals surface area contributed by atoms with Gasteiger partial charge in [-0.3, -0.25) is 0 Å². The fourth-order valence-electron chi connectivity index (χ4n) is 1.18. The number of rotatable bonds is 2. The molecule has 0 aromatic carbocycles. The zero-order chi connectivity index (χ0) is 10.2. The second kappa shape index (κ2) is 2.93. The van der Waals surface area contributed by atoms with Gasteiger partial charge < -0.3 is 24.2 Å². The van der Waals surface area contributed by atoms with Gasteiger partial charge in [0.2, 0.25) is 0 Å². The van der Waals surface area contributed by atoms with Gasteiger partial charge in [0.25, 0.3) is 0 Å². The van der Waals surface area contributed by atoms with E-state index in [1.165, 1.54) is 13.8 Å². The Morgan fingerprint density at radius 3 is 1.54 bits per heavy atom. The maximum Gasteiger partial charge on any atom is 0.110 e. The number of carbonyl (C=O) groups excluding carboxylic acids is 2. The maximum absolute atomic E-state index is 10.5. The van der Waals surface area contributed by atoms with Crippen molar-refractivity contribution in [3.63, 3.8) is 0 Å². The smallest absolute Gasteiger partial charge is 0.110 e. The van der Waals surface area contributed by atoms with Crippen LogP contribution < -0.4 is 10.2 Å². The van der Waals surface area contributed by atoms with E-state index < -0.39 is 23.1 Å². The first kappa shape index (κ1) is 9.31. The highest BCUT2D eigenvalue weighted by Crippen LogP contribution is 2.20. The van der Waals surface area contributed by atoms with Gasteiger partial charge in [-0.15, -0.1) is 0 Å². The first-order chi connectivity index (χ1) is 5.95. The summed E-state index contributed by atoms with van der Waals surface area (Å²) in [5.74, 6) is -3.13. The molecule has 5 heteroatoms. The van der Waals surface area contributed by atoms with Crippen molar-refractivity contribution < 1.29 is 24.2 Å². The van der Waals surface area contributed by atoms with Crippen LogP contribution in [-0.4, -0.2) is 11.9 Å². The number of furan rings is 1. The molecule has 0 aliphatic rings. The number of carboxylic acids is 2. The molecule has 0 amide bonds. The van der Waals surface area contributed by atoms with Gasteiger partial charge in [0, 0.05) is 11.1 Å². The van der Waals surface area contributed by atoms with E-state index in [2.05, 4.69) is 0 Å². The van der Waals surface area contributed by atoms with Crippen LogP contribution in [0.4, 0.5) is 0 Å². The lowest BCUT2D eigenvalue weighted by Gasteiger charge is -2.05. The van der Waals surface area contributed by atoms with E-state index in [1.807, 2.05) is 0 Å². The molecule has 0 saturated heterocycles. The Hall–Kier alpha value is -1.78. The average Bonchev–Trinajstić information content (AvgIpc) is 2.24. The number of hydrogen-bond acceptors (Lipinski definition) is 5. The zero-order valence-corrected chi connectivity index (χ0v) is 7.04. The molecule has 0 bridgehead atoms. The molecule has 70 valence electrons. The summed E-state index contributed by atoms with van der Waals surface area (Å²) in [7, 11) is 0. The predicted octanol–water partition coefficient (Wildman–Crippen LogP) is -1.38. The molecule has 1 heterocycles. The third kappa shape index (κ3) is 1.40. The summed E-state index contributed by atoms with van der Waals surface area (Å²) < 4.78 is 4.83. The van der Waals surface area contributed by atoms with Gasteiger partial charge >= 0.3 is 0 Å². The Morgan fingerprint density at radius 2 is 1.31 bits per heavy atom. The van der Waals surface area contributed by atoms with E-state index in [9.17, 15) is 19.8 Å². The Kier molecular flexibility index (Phi) is 2.10. The van der Waals surface area contributed by atoms with Crippen LogP contribution in [0.1, 0.15) is 32.2 Å². The van der Waals surface area contributed by atoms with Crippen LogP contribution in [-0.2, 0) is 0 Å². The van der Waals surface area contributed by atoms with Crippen molar-refractivity contribution in [3.8, 4) is 0 Å². The molecule has 5 nitrogen and oxygen atoms in total. The van der Waals surface area contributed by atoms with Crippen molar-refractivity contribution in [2.45, 2.75) is 13.8 Å². The van der Waals surface area contributed by atoms with Crippen LogP contribution in [0.25, 0.3) is 0 Å². The number of aromatic carboxylic acids is 2. The van der Waals surface area contributed by atoms with Crippen LogP contribution in [0.2, 0.25) is 0 Å². The van der Waals surface area contributed by atoms with Crippen LogP contribution in [0.3, 0.4) is 0 Å². The van der Waals surface area contributed by atoms with E-state index in [0.29, 0.717) is 0 Å². The normalized spacial score (nSPS) is 10.0. The third-order valence-corrected chi connectivity index (χ3v) is 1.67. The van der Waals surface area contributed by atoms with Crippen molar-refractivity contribution in [2.24, 2.45) is 0 Å². The first-order valence-electron chi connectivity index (χ1n) is 3.47. The van der Waals surface area contributed by atoms with Gasteiger partial charge in [0.15, 0.2) is 0 Å². The van der Waals surface area contributed by atoms with Crippen molar-refractivity contribution in [2.75, 3.05) is 0 Å². The predicted molar refractivity (Wildman–Crippen MR) is 36.8 cm³/mol. The number of carboxylic acid groups (broad SMARTS) is 2. The Bertz CT molecular complexity index is 340. The summed E-state index contributed by atoms with van der Waals surface area (Å²) in [6.45, 7) is 2.70. The highest BCUT2D eigenvalue weighted by atomic mass is 16.4. The summed E-state index contributed by atoms with van der Waals surface area (Å²) in [4.78, 5) is 21.0. The quantitative estimate of drug-likeness (QED) is 0.562. The van der Waals surface area contributed by atoms with Gasteiger partial charge in [-0.25, -0.2) is 0 Å². The SMILES string of the molecule is Cc1oc(C)c(C(=O)[O-])c1C(=O)[O-]. The topological polar surface area (TPSA) is 93.4 Å². The monoisotopic (exact) mass is 182 g/mol. The molecular weight excluding hydrogens is 176 g/mol. The molecule has 0 atom stereocenters. The second-order valence-corrected chi connectivity index (χ2v) is 2.54. The van der Waals surface area contributed by atoms with Crippen LogP contribution in [0.15, 0.2) is 4.42 Å². The van der Waals surface area contributed by atoms with E-state index in [-0.39, 0.29) is 11.5 Å². The largest absolute Gasteiger partial charge is 0.545 e. The molecule has 0 N–H and O–H groups in total. The Morgan fingerprint density at radius 1 is 1.00 bits per heavy atom. The molecule has 1 rings (SSSR count). The van der Waals surface area contributed by atoms with Gasteiger partial charge in [-0.05, 0) is 13.8 Å². The number of aryl methyl sites for hydroxylation is 2. The molecule has 0 spiro atoms. The minimum atomic E-state index is -1.58.